The minimum absolute atomic E-state index is 0.0351. The number of carbonyl (C=O) groups is 2. The number of carbonyl (C=O) groups excluding carboxylic acids is 1. The van der Waals surface area contributed by atoms with Gasteiger partial charge in [-0.05, 0) is 12.1 Å². The minimum Gasteiger partial charge on any atom is -0.481 e. The number of amides is 1. The average Bonchev–Trinajstić information content (AvgIpc) is 2.45. The van der Waals surface area contributed by atoms with E-state index >= 15 is 0 Å². The van der Waals surface area contributed by atoms with Crippen molar-refractivity contribution in [2.45, 2.75) is 11.3 Å². The van der Waals surface area contributed by atoms with E-state index < -0.39 is 21.9 Å². The molecule has 0 aliphatic carbocycles. The highest BCUT2D eigenvalue weighted by Gasteiger charge is 2.24. The molecule has 1 rings (SSSR count). The highest BCUT2D eigenvalue weighted by atomic mass is 32.2. The molecular formula is C13H18N2O5S. The van der Waals surface area contributed by atoms with Crippen LogP contribution in [0.5, 0.6) is 0 Å². The summed E-state index contributed by atoms with van der Waals surface area (Å²) in [5, 5.41) is 8.56. The Labute approximate surface area is 123 Å². The molecule has 0 aliphatic heterocycles. The van der Waals surface area contributed by atoms with Crippen molar-refractivity contribution < 1.29 is 23.1 Å². The number of rotatable bonds is 7. The van der Waals surface area contributed by atoms with E-state index in [9.17, 15) is 18.0 Å². The van der Waals surface area contributed by atoms with Gasteiger partial charge in [0.1, 0.15) is 0 Å². The first-order chi connectivity index (χ1) is 9.75. The molecule has 0 unspecified atom stereocenters. The molecule has 8 heteroatoms. The third-order valence-electron chi connectivity index (χ3n) is 2.90. The Balaban J connectivity index is 2.70. The Bertz CT molecular complexity index is 600. The van der Waals surface area contributed by atoms with Gasteiger partial charge in [0.25, 0.3) is 0 Å². The molecule has 0 aromatic heterocycles. The van der Waals surface area contributed by atoms with Crippen LogP contribution in [0.4, 0.5) is 0 Å². The zero-order chi connectivity index (χ0) is 16.0. The number of aliphatic carboxylic acids is 1. The van der Waals surface area contributed by atoms with Gasteiger partial charge in [-0.3, -0.25) is 9.59 Å². The number of carboxylic acids is 1. The third-order valence-corrected chi connectivity index (χ3v) is 4.71. The van der Waals surface area contributed by atoms with Gasteiger partial charge >= 0.3 is 5.97 Å². The van der Waals surface area contributed by atoms with Crippen LogP contribution in [0.2, 0.25) is 0 Å². The highest BCUT2D eigenvalue weighted by molar-refractivity contribution is 7.89. The molecule has 1 aromatic rings. The van der Waals surface area contributed by atoms with Gasteiger partial charge in [-0.15, -0.1) is 0 Å². The number of carboxylic acid groups (broad SMARTS) is 1. The van der Waals surface area contributed by atoms with Crippen LogP contribution in [0.25, 0.3) is 0 Å². The lowest BCUT2D eigenvalue weighted by Gasteiger charge is -2.21. The Morgan fingerprint density at radius 1 is 1.14 bits per heavy atom. The van der Waals surface area contributed by atoms with Gasteiger partial charge in [0.2, 0.25) is 15.9 Å². The number of benzene rings is 1. The number of nitrogens with zero attached hydrogens (tertiary/aromatic N) is 2. The summed E-state index contributed by atoms with van der Waals surface area (Å²) in [5.41, 5.74) is 0. The lowest BCUT2D eigenvalue weighted by Crippen LogP contribution is -2.40. The quantitative estimate of drug-likeness (QED) is 0.778. The summed E-state index contributed by atoms with van der Waals surface area (Å²) in [6.45, 7) is -0.305. The fourth-order valence-electron chi connectivity index (χ4n) is 1.56. The van der Waals surface area contributed by atoms with Crippen molar-refractivity contribution in [2.75, 3.05) is 27.2 Å². The minimum atomic E-state index is -3.73. The fourth-order valence-corrected chi connectivity index (χ4v) is 2.70. The molecule has 116 valence electrons. The summed E-state index contributed by atoms with van der Waals surface area (Å²) in [6.07, 6.45) is -0.183. The van der Waals surface area contributed by atoms with Crippen LogP contribution in [-0.4, -0.2) is 61.8 Å². The average molecular weight is 314 g/mol. The molecule has 1 amide bonds. The van der Waals surface area contributed by atoms with E-state index in [0.29, 0.717) is 0 Å². The van der Waals surface area contributed by atoms with Crippen LogP contribution in [0.3, 0.4) is 0 Å². The van der Waals surface area contributed by atoms with Crippen molar-refractivity contribution in [3.63, 3.8) is 0 Å². The zero-order valence-corrected chi connectivity index (χ0v) is 12.7. The molecule has 0 saturated heterocycles. The van der Waals surface area contributed by atoms with Gasteiger partial charge in [-0.2, -0.15) is 4.31 Å². The van der Waals surface area contributed by atoms with Crippen molar-refractivity contribution >= 4 is 21.9 Å². The van der Waals surface area contributed by atoms with Gasteiger partial charge < -0.3 is 10.0 Å². The summed E-state index contributed by atoms with van der Waals surface area (Å²) >= 11 is 0. The summed E-state index contributed by atoms with van der Waals surface area (Å²) in [4.78, 5) is 23.6. The number of hydrogen-bond donors (Lipinski definition) is 1. The largest absolute Gasteiger partial charge is 0.481 e. The Morgan fingerprint density at radius 3 is 2.24 bits per heavy atom. The van der Waals surface area contributed by atoms with E-state index in [0.717, 1.165) is 4.31 Å². The maximum atomic E-state index is 12.2. The molecule has 0 atom stereocenters. The molecular weight excluding hydrogens is 296 g/mol. The van der Waals surface area contributed by atoms with Crippen LogP contribution in [0.1, 0.15) is 6.42 Å². The predicted octanol–water partition coefficient (Wildman–Crippen LogP) is 0.240. The van der Waals surface area contributed by atoms with E-state index in [-0.39, 0.29) is 24.4 Å². The summed E-state index contributed by atoms with van der Waals surface area (Å²) in [7, 11) is -0.980. The van der Waals surface area contributed by atoms with Crippen LogP contribution < -0.4 is 0 Å². The van der Waals surface area contributed by atoms with Crippen LogP contribution in [-0.2, 0) is 19.6 Å². The number of sulfonamides is 1. The Hall–Kier alpha value is -1.93. The highest BCUT2D eigenvalue weighted by Crippen LogP contribution is 2.13. The van der Waals surface area contributed by atoms with E-state index in [1.54, 1.807) is 18.2 Å². The summed E-state index contributed by atoms with van der Waals surface area (Å²) in [5.74, 6) is -1.47. The first kappa shape index (κ1) is 17.1. The monoisotopic (exact) mass is 314 g/mol. The topological polar surface area (TPSA) is 95.0 Å². The van der Waals surface area contributed by atoms with E-state index in [4.69, 9.17) is 5.11 Å². The van der Waals surface area contributed by atoms with Crippen LogP contribution >= 0.6 is 0 Å². The molecule has 7 nitrogen and oxygen atoms in total. The maximum absolute atomic E-state index is 12.2. The van der Waals surface area contributed by atoms with Crippen molar-refractivity contribution in [3.8, 4) is 0 Å². The number of likely N-dealkylation sites (N-methyl/N-ethyl adjacent to an activating group) is 2. The summed E-state index contributed by atoms with van der Waals surface area (Å²) in [6, 6.07) is 7.79. The third kappa shape index (κ3) is 4.83. The second kappa shape index (κ2) is 7.19. The van der Waals surface area contributed by atoms with Crippen molar-refractivity contribution in [3.05, 3.63) is 30.3 Å². The fraction of sp³-hybridized carbons (Fsp3) is 0.385. The molecule has 0 radical (unpaired) electrons. The van der Waals surface area contributed by atoms with Gasteiger partial charge in [-0.25, -0.2) is 8.42 Å². The van der Waals surface area contributed by atoms with Crippen molar-refractivity contribution in [1.29, 1.82) is 0 Å². The zero-order valence-electron chi connectivity index (χ0n) is 11.9. The first-order valence-electron chi connectivity index (χ1n) is 6.22. The second-order valence-corrected chi connectivity index (χ2v) is 6.58. The maximum Gasteiger partial charge on any atom is 0.305 e. The molecule has 1 N–H and O–H groups in total. The van der Waals surface area contributed by atoms with Crippen LogP contribution in [0, 0.1) is 0 Å². The molecule has 21 heavy (non-hydrogen) atoms. The van der Waals surface area contributed by atoms with Crippen molar-refractivity contribution in [2.24, 2.45) is 0 Å². The van der Waals surface area contributed by atoms with Gasteiger partial charge in [-0.1, -0.05) is 18.2 Å². The molecule has 0 spiro atoms. The predicted molar refractivity (Wildman–Crippen MR) is 76.1 cm³/mol. The van der Waals surface area contributed by atoms with Gasteiger partial charge in [0.15, 0.2) is 0 Å². The van der Waals surface area contributed by atoms with Crippen LogP contribution in [0.15, 0.2) is 35.2 Å². The number of hydrogen-bond acceptors (Lipinski definition) is 4. The molecule has 0 bridgehead atoms. The normalized spacial score (nSPS) is 11.4. The first-order valence-corrected chi connectivity index (χ1v) is 7.66. The molecule has 0 aliphatic rings. The van der Waals surface area contributed by atoms with Crippen molar-refractivity contribution in [1.82, 2.24) is 9.21 Å². The Kier molecular flexibility index (Phi) is 5.86. The lowest BCUT2D eigenvalue weighted by molar-refractivity contribution is -0.138. The van der Waals surface area contributed by atoms with Gasteiger partial charge in [0, 0.05) is 20.6 Å². The smallest absolute Gasteiger partial charge is 0.305 e. The molecule has 1 aromatic carbocycles. The van der Waals surface area contributed by atoms with E-state index in [1.165, 1.54) is 31.1 Å². The molecule has 0 fully saturated rings. The standard InChI is InChI=1S/C13H18N2O5S/c1-14(9-8-13(17)18)12(16)10-15(2)21(19,20)11-6-4-3-5-7-11/h3-7H,8-10H2,1-2H3,(H,17,18). The van der Waals surface area contributed by atoms with E-state index in [2.05, 4.69) is 0 Å². The van der Waals surface area contributed by atoms with E-state index in [1.807, 2.05) is 0 Å². The molecule has 0 saturated carbocycles. The second-order valence-electron chi connectivity index (χ2n) is 4.53. The SMILES string of the molecule is CN(CCC(=O)O)C(=O)CN(C)S(=O)(=O)c1ccccc1. The Morgan fingerprint density at radius 2 is 1.71 bits per heavy atom. The molecule has 0 heterocycles. The lowest BCUT2D eigenvalue weighted by atomic mass is 10.4. The summed E-state index contributed by atoms with van der Waals surface area (Å²) < 4.78 is 25.4. The van der Waals surface area contributed by atoms with Gasteiger partial charge in [0.05, 0.1) is 17.9 Å².